The first-order valence-corrected chi connectivity index (χ1v) is 13.6. The van der Waals surface area contributed by atoms with Gasteiger partial charge in [0.25, 0.3) is 0 Å². The number of rotatable bonds is 8. The van der Waals surface area contributed by atoms with Crippen LogP contribution in [0.15, 0.2) is 30.3 Å². The van der Waals surface area contributed by atoms with Crippen LogP contribution < -0.4 is 0 Å². The fraction of sp³-hybridized carbons (Fsp3) is 0.682. The number of hydrogen-bond donors (Lipinski definition) is 0. The van der Waals surface area contributed by atoms with Crippen molar-refractivity contribution in [2.75, 3.05) is 7.05 Å². The quantitative estimate of drug-likeness (QED) is 0.193. The van der Waals surface area contributed by atoms with E-state index in [1.54, 1.807) is 4.90 Å². The Morgan fingerprint density at radius 3 is 2.04 bits per heavy atom. The molecule has 5 heteroatoms. The SMILES string of the molecule is C[C@H]([C@H](O[Si](C)(C)C(C)(C)C)[C@H](C)[C@@H](Br)c1ccccc1)[C@H](C)N(C)C#N. The molecule has 3 nitrogen and oxygen atoms in total. The van der Waals surface area contributed by atoms with Crippen molar-refractivity contribution in [3.8, 4) is 6.19 Å². The summed E-state index contributed by atoms with van der Waals surface area (Å²) in [6, 6.07) is 10.6. The van der Waals surface area contributed by atoms with Crippen LogP contribution in [0.3, 0.4) is 0 Å². The van der Waals surface area contributed by atoms with Crippen LogP contribution in [0.4, 0.5) is 0 Å². The van der Waals surface area contributed by atoms with Gasteiger partial charge in [0.15, 0.2) is 14.5 Å². The van der Waals surface area contributed by atoms with Gasteiger partial charge in [0.05, 0.1) is 6.10 Å². The Labute approximate surface area is 176 Å². The Kier molecular flexibility index (Phi) is 8.59. The third kappa shape index (κ3) is 6.07. The van der Waals surface area contributed by atoms with E-state index in [0.29, 0.717) is 0 Å². The van der Waals surface area contributed by atoms with Crippen molar-refractivity contribution in [2.45, 2.75) is 76.6 Å². The molecule has 27 heavy (non-hydrogen) atoms. The summed E-state index contributed by atoms with van der Waals surface area (Å²) < 4.78 is 6.96. The Morgan fingerprint density at radius 2 is 1.59 bits per heavy atom. The van der Waals surface area contributed by atoms with Gasteiger partial charge in [0.2, 0.25) is 0 Å². The van der Waals surface area contributed by atoms with Crippen LogP contribution in [-0.2, 0) is 4.43 Å². The van der Waals surface area contributed by atoms with Crippen LogP contribution in [0.5, 0.6) is 0 Å². The van der Waals surface area contributed by atoms with Crippen LogP contribution in [-0.4, -0.2) is 32.4 Å². The molecule has 0 aliphatic carbocycles. The minimum absolute atomic E-state index is 0.0567. The van der Waals surface area contributed by atoms with E-state index in [9.17, 15) is 5.26 Å². The second-order valence-electron chi connectivity index (χ2n) is 9.32. The number of benzene rings is 1. The predicted molar refractivity (Wildman–Crippen MR) is 121 cm³/mol. The van der Waals surface area contributed by atoms with Gasteiger partial charge in [-0.05, 0) is 36.5 Å². The molecule has 0 fully saturated rings. The van der Waals surface area contributed by atoms with Crippen LogP contribution in [0, 0.1) is 23.3 Å². The molecule has 0 N–H and O–H groups in total. The minimum Gasteiger partial charge on any atom is -0.413 e. The zero-order chi connectivity index (χ0) is 21.0. The average Bonchev–Trinajstić information content (AvgIpc) is 2.62. The summed E-state index contributed by atoms with van der Waals surface area (Å²) >= 11 is 3.94. The van der Waals surface area contributed by atoms with Crippen molar-refractivity contribution >= 4 is 24.2 Å². The lowest BCUT2D eigenvalue weighted by atomic mass is 9.85. The summed E-state index contributed by atoms with van der Waals surface area (Å²) in [5.41, 5.74) is 1.27. The normalized spacial score (nSPS) is 18.1. The Hall–Kier alpha value is -0.833. The molecule has 5 atom stereocenters. The third-order valence-electron chi connectivity index (χ3n) is 6.38. The topological polar surface area (TPSA) is 36.3 Å². The predicted octanol–water partition coefficient (Wildman–Crippen LogP) is 6.59. The van der Waals surface area contributed by atoms with Crippen LogP contribution in [0.25, 0.3) is 0 Å². The minimum atomic E-state index is -1.95. The van der Waals surface area contributed by atoms with Crippen molar-refractivity contribution in [3.63, 3.8) is 0 Å². The third-order valence-corrected chi connectivity index (χ3v) is 12.2. The molecule has 0 saturated carbocycles. The highest BCUT2D eigenvalue weighted by Crippen LogP contribution is 2.43. The van der Waals surface area contributed by atoms with Crippen LogP contribution in [0.1, 0.15) is 51.9 Å². The molecular weight excluding hydrogens is 416 g/mol. The van der Waals surface area contributed by atoms with E-state index in [1.807, 2.05) is 13.1 Å². The number of alkyl halides is 1. The summed E-state index contributed by atoms with van der Waals surface area (Å²) in [6.07, 6.45) is 2.33. The van der Waals surface area contributed by atoms with E-state index >= 15 is 0 Å². The lowest BCUT2D eigenvalue weighted by molar-refractivity contribution is 0.0445. The molecule has 1 aromatic rings. The molecular formula is C22H37BrN2OSi. The largest absolute Gasteiger partial charge is 0.413 e. The fourth-order valence-corrected chi connectivity index (χ4v) is 5.11. The summed E-state index contributed by atoms with van der Waals surface area (Å²) in [5, 5.41) is 9.50. The Bertz CT molecular complexity index is 623. The van der Waals surface area contributed by atoms with Gasteiger partial charge in [-0.1, -0.05) is 80.9 Å². The van der Waals surface area contributed by atoms with Crippen molar-refractivity contribution < 1.29 is 4.43 Å². The molecule has 0 aliphatic heterocycles. The standard InChI is InChI=1S/C22H37BrN2OSi/c1-16(18(3)25(7)15-24)21(26-27(8,9)22(4,5)6)17(2)20(23)19-13-11-10-12-14-19/h10-14,16-18,20-21H,1-9H3/t16-,17+,18-,20+,21-/m0/s1. The smallest absolute Gasteiger partial charge is 0.192 e. The maximum atomic E-state index is 9.36. The van der Waals surface area contributed by atoms with E-state index < -0.39 is 8.32 Å². The Morgan fingerprint density at radius 1 is 1.07 bits per heavy atom. The van der Waals surface area contributed by atoms with Gasteiger partial charge in [0.1, 0.15) is 0 Å². The first-order chi connectivity index (χ1) is 12.3. The van der Waals surface area contributed by atoms with Crippen LogP contribution in [0.2, 0.25) is 18.1 Å². The van der Waals surface area contributed by atoms with Crippen molar-refractivity contribution in [1.82, 2.24) is 4.90 Å². The molecule has 0 heterocycles. The highest BCUT2D eigenvalue weighted by Gasteiger charge is 2.43. The van der Waals surface area contributed by atoms with Crippen LogP contribution >= 0.6 is 15.9 Å². The van der Waals surface area contributed by atoms with Gasteiger partial charge in [-0.3, -0.25) is 0 Å². The summed E-state index contributed by atoms with van der Waals surface area (Å²) in [5.74, 6) is 0.494. The number of nitrogens with zero attached hydrogens (tertiary/aromatic N) is 2. The second kappa shape index (κ2) is 9.58. The fourth-order valence-electron chi connectivity index (χ4n) is 3.04. The van der Waals surface area contributed by atoms with Gasteiger partial charge in [0, 0.05) is 23.8 Å². The van der Waals surface area contributed by atoms with E-state index in [4.69, 9.17) is 4.43 Å². The van der Waals surface area contributed by atoms with Gasteiger partial charge in [-0.2, -0.15) is 5.26 Å². The molecule has 1 aromatic carbocycles. The van der Waals surface area contributed by atoms with Crippen molar-refractivity contribution in [2.24, 2.45) is 11.8 Å². The van der Waals surface area contributed by atoms with Gasteiger partial charge < -0.3 is 9.33 Å². The highest BCUT2D eigenvalue weighted by atomic mass is 79.9. The first-order valence-electron chi connectivity index (χ1n) is 9.83. The summed E-state index contributed by atoms with van der Waals surface area (Å²) in [4.78, 5) is 1.95. The zero-order valence-corrected chi connectivity index (χ0v) is 21.0. The molecule has 1 rings (SSSR count). The van der Waals surface area contributed by atoms with E-state index in [-0.39, 0.29) is 33.8 Å². The molecule has 0 aliphatic rings. The van der Waals surface area contributed by atoms with E-state index in [1.165, 1.54) is 5.56 Å². The molecule has 0 spiro atoms. The maximum absolute atomic E-state index is 9.36. The average molecular weight is 454 g/mol. The number of hydrogen-bond acceptors (Lipinski definition) is 3. The van der Waals surface area contributed by atoms with Crippen molar-refractivity contribution in [1.29, 1.82) is 5.26 Å². The van der Waals surface area contributed by atoms with E-state index in [0.717, 1.165) is 0 Å². The molecule has 0 radical (unpaired) electrons. The lowest BCUT2D eigenvalue weighted by Crippen LogP contribution is -2.51. The molecule has 0 aromatic heterocycles. The Balaban J connectivity index is 3.22. The van der Waals surface area contributed by atoms with E-state index in [2.05, 4.69) is 101 Å². The molecule has 152 valence electrons. The lowest BCUT2D eigenvalue weighted by Gasteiger charge is -2.45. The maximum Gasteiger partial charge on any atom is 0.192 e. The molecule has 0 unspecified atom stereocenters. The van der Waals surface area contributed by atoms with Crippen molar-refractivity contribution in [3.05, 3.63) is 35.9 Å². The van der Waals surface area contributed by atoms with Gasteiger partial charge in [-0.15, -0.1) is 0 Å². The van der Waals surface area contributed by atoms with Gasteiger partial charge in [-0.25, -0.2) is 0 Å². The monoisotopic (exact) mass is 452 g/mol. The first kappa shape index (κ1) is 24.2. The highest BCUT2D eigenvalue weighted by molar-refractivity contribution is 9.09. The second-order valence-corrected chi connectivity index (χ2v) is 15.1. The summed E-state index contributed by atoms with van der Waals surface area (Å²) in [7, 11) is -0.0943. The number of halogens is 1. The zero-order valence-electron chi connectivity index (χ0n) is 18.5. The molecule has 0 amide bonds. The summed E-state index contributed by atoms with van der Waals surface area (Å²) in [6.45, 7) is 18.1. The van der Waals surface area contributed by atoms with Gasteiger partial charge >= 0.3 is 0 Å². The molecule has 0 bridgehead atoms. The number of nitriles is 1. The molecule has 0 saturated heterocycles.